The van der Waals surface area contributed by atoms with Gasteiger partial charge in [0.1, 0.15) is 17.8 Å². The molecule has 4 aromatic rings. The van der Waals surface area contributed by atoms with Crippen molar-refractivity contribution < 1.29 is 43.1 Å². The Hall–Kier alpha value is -4.79. The summed E-state index contributed by atoms with van der Waals surface area (Å²) < 4.78 is 17.5. The van der Waals surface area contributed by atoms with E-state index in [2.05, 4.69) is 35.2 Å². The second kappa shape index (κ2) is 16.3. The molecule has 4 atom stereocenters. The first kappa shape index (κ1) is 38.9. The minimum atomic E-state index is -5.01. The Bertz CT molecular complexity index is 2150. The molecule has 0 fully saturated rings. The van der Waals surface area contributed by atoms with E-state index in [-0.39, 0.29) is 50.2 Å². The molecule has 3 heterocycles. The molecule has 16 heteroatoms. The van der Waals surface area contributed by atoms with Gasteiger partial charge in [-0.15, -0.1) is 0 Å². The number of carbonyl (C=O) groups is 5. The molecule has 54 heavy (non-hydrogen) atoms. The van der Waals surface area contributed by atoms with E-state index < -0.39 is 54.9 Å². The van der Waals surface area contributed by atoms with Crippen LogP contribution in [0.3, 0.4) is 0 Å². The summed E-state index contributed by atoms with van der Waals surface area (Å²) in [5.74, 6) is -0.991. The van der Waals surface area contributed by atoms with Crippen molar-refractivity contribution in [2.24, 2.45) is 5.73 Å². The maximum atomic E-state index is 14.3. The highest BCUT2D eigenvalue weighted by Crippen LogP contribution is 2.40. The van der Waals surface area contributed by atoms with E-state index >= 15 is 0 Å². The zero-order valence-corrected chi connectivity index (χ0v) is 31.3. The first-order valence-electron chi connectivity index (χ1n) is 17.6. The Labute approximate surface area is 316 Å². The van der Waals surface area contributed by atoms with E-state index in [1.807, 2.05) is 42.5 Å². The number of amides is 4. The fourth-order valence-electron chi connectivity index (χ4n) is 6.94. The van der Waals surface area contributed by atoms with Gasteiger partial charge in [0.25, 0.3) is 11.4 Å². The average Bonchev–Trinajstić information content (AvgIpc) is 3.73. The van der Waals surface area contributed by atoms with Crippen molar-refractivity contribution >= 4 is 66.0 Å². The van der Waals surface area contributed by atoms with Gasteiger partial charge in [-0.2, -0.15) is 12.6 Å². The standard InChI is InChI=1S/C38H42N5O9PS/c1-21(20-54)23-7-5-22(6-8-23)18-52-19-28(11-14-33(39)44)40-36(46)32-17-25-4-2-3-24-9-13-30(37(47)43(32)34(24)25)42-35(45)31-16-27-15-26(10-12-29(27)41-31)38(48)53(49,50)51/h2-8,10,12,15-16,21,28,30,32,41,54H,9,11,13-14,17-20H2,1H3,(H2,39,44)(H,40,46)(H,42,45)(H2,49,50,51)/t21?,28-,30-,32-/m0/s1. The fourth-order valence-corrected chi connectivity index (χ4v) is 7.63. The molecule has 0 spiro atoms. The Morgan fingerprint density at radius 2 is 1.81 bits per heavy atom. The third-order valence-corrected chi connectivity index (χ3v) is 11.2. The molecule has 14 nitrogen and oxygen atoms in total. The summed E-state index contributed by atoms with van der Waals surface area (Å²) in [6.07, 6.45) is 1.22. The van der Waals surface area contributed by atoms with Gasteiger partial charge in [-0.05, 0) is 77.5 Å². The molecule has 7 N–H and O–H groups in total. The van der Waals surface area contributed by atoms with Crippen LogP contribution in [-0.4, -0.2) is 74.4 Å². The lowest BCUT2D eigenvalue weighted by atomic mass is 10.0. The zero-order valence-electron chi connectivity index (χ0n) is 29.5. The van der Waals surface area contributed by atoms with E-state index in [4.69, 9.17) is 10.5 Å². The molecular weight excluding hydrogens is 733 g/mol. The van der Waals surface area contributed by atoms with Gasteiger partial charge in [0, 0.05) is 29.3 Å². The van der Waals surface area contributed by atoms with Crippen LogP contribution in [0.4, 0.5) is 5.69 Å². The molecule has 2 aliphatic rings. The van der Waals surface area contributed by atoms with E-state index in [0.717, 1.165) is 22.4 Å². The average molecular weight is 776 g/mol. The van der Waals surface area contributed by atoms with Gasteiger partial charge >= 0.3 is 7.60 Å². The van der Waals surface area contributed by atoms with Crippen LogP contribution in [0.1, 0.15) is 75.2 Å². The number of nitrogens with zero attached hydrogens (tertiary/aromatic N) is 1. The molecule has 284 valence electrons. The number of primary amides is 1. The van der Waals surface area contributed by atoms with E-state index in [1.54, 1.807) is 0 Å². The van der Waals surface area contributed by atoms with Gasteiger partial charge in [-0.3, -0.25) is 33.4 Å². The Kier molecular flexibility index (Phi) is 11.7. The van der Waals surface area contributed by atoms with Gasteiger partial charge in [-0.25, -0.2) is 0 Å². The largest absolute Gasteiger partial charge is 0.396 e. The number of benzene rings is 3. The molecular formula is C38H42N5O9PS. The first-order chi connectivity index (χ1) is 25.7. The maximum absolute atomic E-state index is 14.3. The van der Waals surface area contributed by atoms with Crippen molar-refractivity contribution in [3.05, 3.63) is 100 Å². The lowest BCUT2D eigenvalue weighted by molar-refractivity contribution is -0.127. The predicted octanol–water partition coefficient (Wildman–Crippen LogP) is 3.49. The van der Waals surface area contributed by atoms with Gasteiger partial charge in [0.05, 0.1) is 24.9 Å². The van der Waals surface area contributed by atoms with Crippen LogP contribution < -0.4 is 21.3 Å². The summed E-state index contributed by atoms with van der Waals surface area (Å²) in [5.41, 5.74) is 8.85. The third-order valence-electron chi connectivity index (χ3n) is 9.89. The number of aryl methyl sites for hydroxylation is 1. The highest BCUT2D eigenvalue weighted by molar-refractivity contribution is 7.80. The van der Waals surface area contributed by atoms with Gasteiger partial charge in [0.2, 0.25) is 17.7 Å². The topological polar surface area (TPSA) is 221 Å². The van der Waals surface area contributed by atoms with Crippen LogP contribution in [0.2, 0.25) is 0 Å². The maximum Gasteiger partial charge on any atom is 0.396 e. The smallest absolute Gasteiger partial charge is 0.375 e. The molecule has 0 saturated heterocycles. The summed E-state index contributed by atoms with van der Waals surface area (Å²) in [6.45, 7) is 2.48. The highest BCUT2D eigenvalue weighted by atomic mass is 32.1. The van der Waals surface area contributed by atoms with Crippen LogP contribution in [0.25, 0.3) is 10.9 Å². The summed E-state index contributed by atoms with van der Waals surface area (Å²) in [5, 5.41) is 6.16. The highest BCUT2D eigenvalue weighted by Gasteiger charge is 2.44. The number of fused-ring (bicyclic) bond motifs is 1. The minimum Gasteiger partial charge on any atom is -0.375 e. The van der Waals surface area contributed by atoms with Crippen LogP contribution in [0, 0.1) is 0 Å². The number of nitrogens with one attached hydrogen (secondary N) is 3. The first-order valence-corrected chi connectivity index (χ1v) is 19.8. The van der Waals surface area contributed by atoms with E-state index in [0.29, 0.717) is 28.9 Å². The minimum absolute atomic E-state index is 0.0193. The molecule has 0 bridgehead atoms. The lowest BCUT2D eigenvalue weighted by Crippen LogP contribution is -2.56. The van der Waals surface area contributed by atoms with Crippen molar-refractivity contribution in [2.45, 2.75) is 69.7 Å². The number of aromatic nitrogens is 1. The zero-order chi connectivity index (χ0) is 38.7. The Morgan fingerprint density at radius 1 is 1.07 bits per heavy atom. The summed E-state index contributed by atoms with van der Waals surface area (Å²) >= 11 is 4.37. The number of thiol groups is 1. The van der Waals surface area contributed by atoms with Crippen LogP contribution in [0.15, 0.2) is 66.7 Å². The second-order valence-electron chi connectivity index (χ2n) is 13.8. The van der Waals surface area contributed by atoms with Crippen molar-refractivity contribution in [3.63, 3.8) is 0 Å². The monoisotopic (exact) mass is 775 g/mol. The lowest BCUT2D eigenvalue weighted by Gasteiger charge is -2.29. The molecule has 2 aliphatic heterocycles. The van der Waals surface area contributed by atoms with Crippen LogP contribution in [0.5, 0.6) is 0 Å². The van der Waals surface area contributed by atoms with Gasteiger partial charge in [0.15, 0.2) is 0 Å². The number of carbonyl (C=O) groups excluding carboxylic acids is 5. The van der Waals surface area contributed by atoms with Crippen LogP contribution >= 0.6 is 20.2 Å². The van der Waals surface area contributed by atoms with Crippen molar-refractivity contribution in [3.8, 4) is 0 Å². The normalized spacial score (nSPS) is 17.8. The summed E-state index contributed by atoms with van der Waals surface area (Å²) in [6, 6.07) is 16.5. The number of rotatable bonds is 15. The number of hydrogen-bond donors (Lipinski definition) is 7. The number of H-pyrrole nitrogens is 1. The molecule has 1 unspecified atom stereocenters. The molecule has 0 radical (unpaired) electrons. The number of aromatic amines is 1. The molecule has 0 aliphatic carbocycles. The Morgan fingerprint density at radius 3 is 2.52 bits per heavy atom. The van der Waals surface area contributed by atoms with Crippen LogP contribution in [-0.2, 0) is 43.1 Å². The SMILES string of the molecule is CC(CS)c1ccc(COC[C@H](CCC(N)=O)NC(=O)[C@@H]2Cc3cccc4c3N2C(=O)[C@@H](NC(=O)c2cc3cc(C(=O)P(=O)(O)O)ccc3[nH]2)CC4)cc1. The third kappa shape index (κ3) is 8.61. The van der Waals surface area contributed by atoms with Gasteiger partial charge < -0.3 is 35.9 Å². The molecule has 4 amide bonds. The van der Waals surface area contributed by atoms with E-state index in [1.165, 1.54) is 34.7 Å². The number of nitrogens with two attached hydrogens (primary N) is 1. The van der Waals surface area contributed by atoms with Gasteiger partial charge in [-0.1, -0.05) is 49.4 Å². The Balaban J connectivity index is 1.16. The molecule has 1 aromatic heterocycles. The summed E-state index contributed by atoms with van der Waals surface area (Å²) in [4.78, 5) is 88.6. The van der Waals surface area contributed by atoms with E-state index in [9.17, 15) is 38.3 Å². The number of para-hydroxylation sites is 1. The molecule has 6 rings (SSSR count). The van der Waals surface area contributed by atoms with Crippen molar-refractivity contribution in [1.29, 1.82) is 0 Å². The number of hydrogen-bond acceptors (Lipinski definition) is 8. The fraction of sp³-hybridized carbons (Fsp3) is 0.342. The number of anilines is 1. The second-order valence-corrected chi connectivity index (χ2v) is 15.7. The number of ether oxygens (including phenoxy) is 1. The molecule has 0 saturated carbocycles. The van der Waals surface area contributed by atoms with Crippen molar-refractivity contribution in [1.82, 2.24) is 15.6 Å². The molecule has 3 aromatic carbocycles. The van der Waals surface area contributed by atoms with Crippen molar-refractivity contribution in [2.75, 3.05) is 17.3 Å². The predicted molar refractivity (Wildman–Crippen MR) is 204 cm³/mol. The summed E-state index contributed by atoms with van der Waals surface area (Å²) in [7, 11) is -5.01. The quantitative estimate of drug-likeness (QED) is 0.0693.